The Balaban J connectivity index is 3.13. The van der Waals surface area contributed by atoms with E-state index in [1.165, 1.54) is 11.0 Å². The van der Waals surface area contributed by atoms with Crippen molar-refractivity contribution in [3.8, 4) is 0 Å². The van der Waals surface area contributed by atoms with E-state index in [9.17, 15) is 8.42 Å². The normalized spacial score (nSPS) is 11.8. The van der Waals surface area contributed by atoms with Crippen LogP contribution in [0.3, 0.4) is 0 Å². The number of hydrogen-bond donors (Lipinski definition) is 2. The van der Waals surface area contributed by atoms with Crippen molar-refractivity contribution in [1.82, 2.24) is 4.89 Å². The average Bonchev–Trinajstić information content (AvgIpc) is 2.36. The van der Waals surface area contributed by atoms with Crippen LogP contribution in [0.4, 0.5) is 0 Å². The number of halogens is 1. The minimum absolute atomic E-state index is 0.0758. The number of nitrogens with one attached hydrogen (secondary N) is 1. The molecule has 0 aliphatic rings. The van der Waals surface area contributed by atoms with Crippen molar-refractivity contribution >= 4 is 37.3 Å². The van der Waals surface area contributed by atoms with Crippen LogP contribution < -0.4 is 4.89 Å². The topological polar surface area (TPSA) is 66.4 Å². The van der Waals surface area contributed by atoms with Crippen LogP contribution >= 0.6 is 27.3 Å². The van der Waals surface area contributed by atoms with Crippen molar-refractivity contribution in [2.45, 2.75) is 4.21 Å². The van der Waals surface area contributed by atoms with E-state index in [1.807, 2.05) is 0 Å². The Labute approximate surface area is 76.0 Å². The Morgan fingerprint density at radius 1 is 1.64 bits per heavy atom. The van der Waals surface area contributed by atoms with Gasteiger partial charge in [0.15, 0.2) is 0 Å². The molecule has 1 rings (SSSR count). The van der Waals surface area contributed by atoms with E-state index in [-0.39, 0.29) is 4.21 Å². The Bertz CT molecular complexity index is 344. The monoisotopic (exact) mass is 257 g/mol. The molecule has 0 saturated carbocycles. The molecule has 0 radical (unpaired) electrons. The molecule has 62 valence electrons. The van der Waals surface area contributed by atoms with Crippen LogP contribution in [0.2, 0.25) is 0 Å². The largest absolute Gasteiger partial charge is 0.302 e. The van der Waals surface area contributed by atoms with E-state index < -0.39 is 10.0 Å². The van der Waals surface area contributed by atoms with Gasteiger partial charge in [-0.3, -0.25) is 0 Å². The second-order valence-electron chi connectivity index (χ2n) is 1.68. The third-order valence-electron chi connectivity index (χ3n) is 0.928. The van der Waals surface area contributed by atoms with Gasteiger partial charge >= 0.3 is 0 Å². The summed E-state index contributed by atoms with van der Waals surface area (Å²) < 4.78 is 22.4. The SMILES string of the molecule is O=S(=O)(NO)c1cc(Br)cs1. The molecule has 1 aromatic rings. The highest BCUT2D eigenvalue weighted by atomic mass is 79.9. The quantitative estimate of drug-likeness (QED) is 0.783. The zero-order chi connectivity index (χ0) is 8.48. The molecular formula is C4H4BrNO3S2. The third-order valence-corrected chi connectivity index (χ3v) is 4.25. The van der Waals surface area contributed by atoms with Crippen molar-refractivity contribution in [2.24, 2.45) is 0 Å². The van der Waals surface area contributed by atoms with Gasteiger partial charge in [0.25, 0.3) is 10.0 Å². The smallest absolute Gasteiger partial charge is 0.271 e. The molecule has 2 N–H and O–H groups in total. The first kappa shape index (κ1) is 9.14. The highest BCUT2D eigenvalue weighted by molar-refractivity contribution is 9.10. The van der Waals surface area contributed by atoms with Gasteiger partial charge in [-0.2, -0.15) is 0 Å². The molecule has 0 aliphatic heterocycles. The van der Waals surface area contributed by atoms with E-state index in [2.05, 4.69) is 15.9 Å². The maximum Gasteiger partial charge on any atom is 0.271 e. The summed E-state index contributed by atoms with van der Waals surface area (Å²) in [5.74, 6) is 0. The minimum atomic E-state index is -3.68. The first-order valence-electron chi connectivity index (χ1n) is 2.46. The molecule has 0 saturated heterocycles. The van der Waals surface area contributed by atoms with Gasteiger partial charge in [0.2, 0.25) is 0 Å². The van der Waals surface area contributed by atoms with Crippen LogP contribution in [0.15, 0.2) is 20.1 Å². The van der Waals surface area contributed by atoms with Crippen LogP contribution in [-0.4, -0.2) is 13.6 Å². The predicted molar refractivity (Wildman–Crippen MR) is 44.1 cm³/mol. The second-order valence-corrected chi connectivity index (χ2v) is 5.39. The molecule has 0 bridgehead atoms. The lowest BCUT2D eigenvalue weighted by Gasteiger charge is -1.93. The van der Waals surface area contributed by atoms with Crippen LogP contribution in [0.5, 0.6) is 0 Å². The molecule has 0 aromatic carbocycles. The number of hydrogen-bond acceptors (Lipinski definition) is 4. The summed E-state index contributed by atoms with van der Waals surface area (Å²) in [6, 6.07) is 1.41. The van der Waals surface area contributed by atoms with E-state index in [4.69, 9.17) is 5.21 Å². The number of thiophene rings is 1. The molecule has 0 amide bonds. The first-order valence-corrected chi connectivity index (χ1v) is 5.62. The van der Waals surface area contributed by atoms with E-state index in [1.54, 1.807) is 5.38 Å². The summed E-state index contributed by atoms with van der Waals surface area (Å²) in [6.07, 6.45) is 0. The van der Waals surface area contributed by atoms with Gasteiger partial charge in [-0.05, 0) is 22.0 Å². The second kappa shape index (κ2) is 3.20. The first-order chi connectivity index (χ1) is 5.06. The lowest BCUT2D eigenvalue weighted by Crippen LogP contribution is -2.17. The Kier molecular flexibility index (Phi) is 2.66. The molecule has 0 fully saturated rings. The lowest BCUT2D eigenvalue weighted by molar-refractivity contribution is 0.243. The van der Waals surface area contributed by atoms with E-state index >= 15 is 0 Å². The van der Waals surface area contributed by atoms with Gasteiger partial charge in [-0.15, -0.1) is 11.3 Å². The molecular weight excluding hydrogens is 254 g/mol. The zero-order valence-corrected chi connectivity index (χ0v) is 8.33. The van der Waals surface area contributed by atoms with Crippen LogP contribution in [0, 0.1) is 0 Å². The molecule has 11 heavy (non-hydrogen) atoms. The fraction of sp³-hybridized carbons (Fsp3) is 0. The standard InChI is InChI=1S/C4H4BrNO3S2/c5-3-1-4(10-2-3)11(8,9)6-7/h1-2,6-7H. The molecule has 4 nitrogen and oxygen atoms in total. The van der Waals surface area contributed by atoms with Crippen LogP contribution in [0.25, 0.3) is 0 Å². The van der Waals surface area contributed by atoms with Gasteiger partial charge in [0.1, 0.15) is 4.21 Å². The summed E-state index contributed by atoms with van der Waals surface area (Å²) in [4.78, 5) is 1.23. The Morgan fingerprint density at radius 2 is 2.27 bits per heavy atom. The maximum atomic E-state index is 10.8. The average molecular weight is 258 g/mol. The molecule has 0 atom stereocenters. The van der Waals surface area contributed by atoms with Gasteiger partial charge in [-0.1, -0.05) is 4.89 Å². The minimum Gasteiger partial charge on any atom is -0.302 e. The predicted octanol–water partition coefficient (Wildman–Crippen LogP) is 1.18. The maximum absolute atomic E-state index is 10.8. The van der Waals surface area contributed by atoms with Crippen LogP contribution in [-0.2, 0) is 10.0 Å². The lowest BCUT2D eigenvalue weighted by atomic mass is 10.7. The van der Waals surface area contributed by atoms with Crippen molar-refractivity contribution in [2.75, 3.05) is 0 Å². The molecule has 0 aliphatic carbocycles. The zero-order valence-electron chi connectivity index (χ0n) is 5.11. The number of rotatable bonds is 2. The van der Waals surface area contributed by atoms with Gasteiger partial charge < -0.3 is 5.21 Å². The molecule has 1 heterocycles. The van der Waals surface area contributed by atoms with Gasteiger partial charge in [0, 0.05) is 9.85 Å². The van der Waals surface area contributed by atoms with Gasteiger partial charge in [-0.25, -0.2) is 8.42 Å². The van der Waals surface area contributed by atoms with E-state index in [0.29, 0.717) is 4.47 Å². The third kappa shape index (κ3) is 2.00. The summed E-state index contributed by atoms with van der Waals surface area (Å²) in [5, 5.41) is 9.83. The highest BCUT2D eigenvalue weighted by Gasteiger charge is 2.14. The van der Waals surface area contributed by atoms with Crippen molar-refractivity contribution in [3.05, 3.63) is 15.9 Å². The van der Waals surface area contributed by atoms with Crippen molar-refractivity contribution in [3.63, 3.8) is 0 Å². The Hall–Kier alpha value is 0.0500. The summed E-state index contributed by atoms with van der Waals surface area (Å²) in [6.45, 7) is 0. The summed E-state index contributed by atoms with van der Waals surface area (Å²) in [7, 11) is -3.68. The van der Waals surface area contributed by atoms with E-state index in [0.717, 1.165) is 11.3 Å². The highest BCUT2D eigenvalue weighted by Crippen LogP contribution is 2.23. The molecule has 7 heteroatoms. The van der Waals surface area contributed by atoms with Crippen molar-refractivity contribution < 1.29 is 13.6 Å². The van der Waals surface area contributed by atoms with Crippen LogP contribution in [0.1, 0.15) is 0 Å². The fourth-order valence-electron chi connectivity index (χ4n) is 0.481. The summed E-state index contributed by atoms with van der Waals surface area (Å²) >= 11 is 4.11. The number of sulfonamides is 1. The van der Waals surface area contributed by atoms with Crippen molar-refractivity contribution in [1.29, 1.82) is 0 Å². The van der Waals surface area contributed by atoms with Gasteiger partial charge in [0.05, 0.1) is 0 Å². The molecule has 0 unspecified atom stereocenters. The summed E-state index contributed by atoms with van der Waals surface area (Å²) in [5.41, 5.74) is 0. The molecule has 0 spiro atoms. The Morgan fingerprint density at radius 3 is 2.64 bits per heavy atom. The molecule has 1 aromatic heterocycles. The fourth-order valence-corrected chi connectivity index (χ4v) is 2.92.